The lowest BCUT2D eigenvalue weighted by Gasteiger charge is -2.14. The molecule has 0 aliphatic heterocycles. The van der Waals surface area contributed by atoms with Crippen molar-refractivity contribution in [3.63, 3.8) is 0 Å². The van der Waals surface area contributed by atoms with Crippen molar-refractivity contribution < 1.29 is 23.0 Å². The Hall–Kier alpha value is -2.02. The van der Waals surface area contributed by atoms with Crippen LogP contribution in [0.5, 0.6) is 5.75 Å². The number of aliphatic hydroxyl groups excluding tert-OH is 1. The molecule has 1 heterocycles. The second-order valence-corrected chi connectivity index (χ2v) is 4.47. The predicted octanol–water partition coefficient (Wildman–Crippen LogP) is 3.12. The standard InChI is InChI=1S/C14H15F3N2O2/c1-2-11(20)13-18-5-6-19(13)8-9-7-10(15)3-4-12(9)21-14(16)17/h3-7,11,14,20H,2,8H2,1H3. The van der Waals surface area contributed by atoms with Crippen molar-refractivity contribution in [1.82, 2.24) is 9.55 Å². The number of halogens is 3. The second-order valence-electron chi connectivity index (χ2n) is 4.47. The Kier molecular flexibility index (Phi) is 4.85. The number of nitrogens with zero attached hydrogens (tertiary/aromatic N) is 2. The molecule has 114 valence electrons. The zero-order chi connectivity index (χ0) is 15.4. The lowest BCUT2D eigenvalue weighted by atomic mass is 10.2. The molecule has 4 nitrogen and oxygen atoms in total. The monoisotopic (exact) mass is 300 g/mol. The van der Waals surface area contributed by atoms with E-state index in [1.807, 2.05) is 0 Å². The van der Waals surface area contributed by atoms with E-state index in [0.717, 1.165) is 18.2 Å². The minimum Gasteiger partial charge on any atom is -0.434 e. The number of imidazole rings is 1. The highest BCUT2D eigenvalue weighted by molar-refractivity contribution is 5.34. The fourth-order valence-electron chi connectivity index (χ4n) is 2.00. The minimum atomic E-state index is -2.99. The summed E-state index contributed by atoms with van der Waals surface area (Å²) in [5.74, 6) is -0.258. The van der Waals surface area contributed by atoms with E-state index >= 15 is 0 Å². The Morgan fingerprint density at radius 1 is 1.38 bits per heavy atom. The maximum atomic E-state index is 13.3. The van der Waals surface area contributed by atoms with E-state index in [1.165, 1.54) is 6.20 Å². The van der Waals surface area contributed by atoms with E-state index in [1.54, 1.807) is 17.7 Å². The molecule has 21 heavy (non-hydrogen) atoms. The normalized spacial score (nSPS) is 12.7. The molecule has 2 aromatic rings. The Morgan fingerprint density at radius 3 is 2.81 bits per heavy atom. The van der Waals surface area contributed by atoms with Crippen molar-refractivity contribution in [2.75, 3.05) is 0 Å². The molecular weight excluding hydrogens is 285 g/mol. The zero-order valence-corrected chi connectivity index (χ0v) is 11.3. The zero-order valence-electron chi connectivity index (χ0n) is 11.3. The highest BCUT2D eigenvalue weighted by Crippen LogP contribution is 2.24. The van der Waals surface area contributed by atoms with E-state index in [4.69, 9.17) is 0 Å². The van der Waals surface area contributed by atoms with Gasteiger partial charge in [0.2, 0.25) is 0 Å². The van der Waals surface area contributed by atoms with Gasteiger partial charge < -0.3 is 14.4 Å². The number of rotatable bonds is 6. The van der Waals surface area contributed by atoms with Gasteiger partial charge in [-0.05, 0) is 24.6 Å². The smallest absolute Gasteiger partial charge is 0.387 e. The van der Waals surface area contributed by atoms with Crippen LogP contribution in [0, 0.1) is 5.82 Å². The summed E-state index contributed by atoms with van der Waals surface area (Å²) in [5.41, 5.74) is 0.248. The highest BCUT2D eigenvalue weighted by Gasteiger charge is 2.15. The van der Waals surface area contributed by atoms with Gasteiger partial charge in [0.05, 0.1) is 6.54 Å². The highest BCUT2D eigenvalue weighted by atomic mass is 19.3. The third kappa shape index (κ3) is 3.75. The summed E-state index contributed by atoms with van der Waals surface area (Å²) in [6, 6.07) is 3.33. The Bertz CT molecular complexity index is 602. The van der Waals surface area contributed by atoms with Crippen molar-refractivity contribution in [2.45, 2.75) is 32.6 Å². The fourth-order valence-corrected chi connectivity index (χ4v) is 2.00. The summed E-state index contributed by atoms with van der Waals surface area (Å²) in [4.78, 5) is 4.03. The van der Waals surface area contributed by atoms with E-state index in [0.29, 0.717) is 12.2 Å². The van der Waals surface area contributed by atoms with Gasteiger partial charge in [0.1, 0.15) is 23.5 Å². The van der Waals surface area contributed by atoms with Gasteiger partial charge in [-0.3, -0.25) is 0 Å². The summed E-state index contributed by atoms with van der Waals surface area (Å²) in [5, 5.41) is 9.84. The van der Waals surface area contributed by atoms with Gasteiger partial charge in [0.15, 0.2) is 0 Å². The van der Waals surface area contributed by atoms with E-state index in [9.17, 15) is 18.3 Å². The number of alkyl halides is 2. The Labute approximate surface area is 119 Å². The summed E-state index contributed by atoms with van der Waals surface area (Å²) in [6.07, 6.45) is 2.76. The average molecular weight is 300 g/mol. The van der Waals surface area contributed by atoms with Crippen LogP contribution < -0.4 is 4.74 Å². The first-order valence-electron chi connectivity index (χ1n) is 6.43. The van der Waals surface area contributed by atoms with Crippen LogP contribution in [0.15, 0.2) is 30.6 Å². The summed E-state index contributed by atoms with van der Waals surface area (Å²) < 4.78 is 44.0. The van der Waals surface area contributed by atoms with Crippen LogP contribution in [0.4, 0.5) is 13.2 Å². The second kappa shape index (κ2) is 6.62. The van der Waals surface area contributed by atoms with Gasteiger partial charge in [-0.25, -0.2) is 9.37 Å². The molecule has 2 rings (SSSR count). The van der Waals surface area contributed by atoms with E-state index < -0.39 is 18.5 Å². The Morgan fingerprint density at radius 2 is 2.14 bits per heavy atom. The fraction of sp³-hybridized carbons (Fsp3) is 0.357. The van der Waals surface area contributed by atoms with Crippen LogP contribution in [-0.4, -0.2) is 21.3 Å². The molecule has 1 atom stereocenters. The molecular formula is C14H15F3N2O2. The summed E-state index contributed by atoms with van der Waals surface area (Å²) in [7, 11) is 0. The van der Waals surface area contributed by atoms with E-state index in [2.05, 4.69) is 9.72 Å². The SMILES string of the molecule is CCC(O)c1nccn1Cc1cc(F)ccc1OC(F)F. The number of hydrogen-bond acceptors (Lipinski definition) is 3. The van der Waals surface area contributed by atoms with Gasteiger partial charge in [-0.2, -0.15) is 8.78 Å². The molecule has 0 aliphatic carbocycles. The van der Waals surface area contributed by atoms with Gasteiger partial charge in [0.25, 0.3) is 0 Å². The molecule has 1 unspecified atom stereocenters. The molecule has 0 bridgehead atoms. The van der Waals surface area contributed by atoms with Crippen molar-refractivity contribution >= 4 is 0 Å². The minimum absolute atomic E-state index is 0.0756. The molecule has 0 saturated heterocycles. The lowest BCUT2D eigenvalue weighted by molar-refractivity contribution is -0.0505. The molecule has 0 aliphatic rings. The maximum Gasteiger partial charge on any atom is 0.387 e. The van der Waals surface area contributed by atoms with Crippen LogP contribution >= 0.6 is 0 Å². The Balaban J connectivity index is 2.30. The molecule has 1 N–H and O–H groups in total. The van der Waals surface area contributed by atoms with Gasteiger partial charge >= 0.3 is 6.61 Å². The lowest BCUT2D eigenvalue weighted by Crippen LogP contribution is -2.11. The molecule has 1 aromatic heterocycles. The molecule has 0 saturated carbocycles. The largest absolute Gasteiger partial charge is 0.434 e. The van der Waals surface area contributed by atoms with E-state index in [-0.39, 0.29) is 17.9 Å². The average Bonchev–Trinajstić information content (AvgIpc) is 2.89. The molecule has 0 radical (unpaired) electrons. The number of aliphatic hydroxyl groups is 1. The van der Waals surface area contributed by atoms with Crippen molar-refractivity contribution in [3.05, 3.63) is 47.8 Å². The van der Waals surface area contributed by atoms with Crippen LogP contribution in [-0.2, 0) is 6.54 Å². The quantitative estimate of drug-likeness (QED) is 0.891. The summed E-state index contributed by atoms with van der Waals surface area (Å²) in [6.45, 7) is -1.12. The van der Waals surface area contributed by atoms with Crippen LogP contribution in [0.2, 0.25) is 0 Å². The van der Waals surface area contributed by atoms with Gasteiger partial charge in [-0.1, -0.05) is 6.92 Å². The third-order valence-electron chi connectivity index (χ3n) is 3.01. The van der Waals surface area contributed by atoms with Crippen LogP contribution in [0.3, 0.4) is 0 Å². The van der Waals surface area contributed by atoms with Gasteiger partial charge in [0, 0.05) is 18.0 Å². The molecule has 0 spiro atoms. The molecule has 0 amide bonds. The van der Waals surface area contributed by atoms with Gasteiger partial charge in [-0.15, -0.1) is 0 Å². The van der Waals surface area contributed by atoms with Crippen molar-refractivity contribution in [1.29, 1.82) is 0 Å². The predicted molar refractivity (Wildman–Crippen MR) is 69.6 cm³/mol. The first-order valence-corrected chi connectivity index (χ1v) is 6.43. The topological polar surface area (TPSA) is 47.3 Å². The van der Waals surface area contributed by atoms with Crippen LogP contribution in [0.25, 0.3) is 0 Å². The number of benzene rings is 1. The number of hydrogen-bond donors (Lipinski definition) is 1. The third-order valence-corrected chi connectivity index (χ3v) is 3.01. The first-order chi connectivity index (χ1) is 10.0. The van der Waals surface area contributed by atoms with Crippen molar-refractivity contribution in [3.8, 4) is 5.75 Å². The molecule has 1 aromatic carbocycles. The number of aromatic nitrogens is 2. The molecule has 7 heteroatoms. The summed E-state index contributed by atoms with van der Waals surface area (Å²) >= 11 is 0. The van der Waals surface area contributed by atoms with Crippen molar-refractivity contribution in [2.24, 2.45) is 0 Å². The molecule has 0 fully saturated rings. The van der Waals surface area contributed by atoms with Crippen LogP contribution in [0.1, 0.15) is 30.8 Å². The first kappa shape index (κ1) is 15.4. The maximum absolute atomic E-state index is 13.3. The number of ether oxygens (including phenoxy) is 1.